The first-order valence-corrected chi connectivity index (χ1v) is 9.01. The summed E-state index contributed by atoms with van der Waals surface area (Å²) in [6.07, 6.45) is 2.84. The molecule has 1 atom stereocenters. The Morgan fingerprint density at radius 2 is 2.04 bits per heavy atom. The molecule has 0 aromatic heterocycles. The summed E-state index contributed by atoms with van der Waals surface area (Å²) >= 11 is 3.31. The van der Waals surface area contributed by atoms with Crippen LogP contribution in [0.4, 0.5) is 0 Å². The molecule has 1 aromatic carbocycles. The van der Waals surface area contributed by atoms with Gasteiger partial charge in [-0.25, -0.2) is 0 Å². The molecule has 8 heteroatoms. The van der Waals surface area contributed by atoms with E-state index in [9.17, 15) is 14.4 Å². The molecule has 1 unspecified atom stereocenters. The van der Waals surface area contributed by atoms with Crippen molar-refractivity contribution in [1.29, 1.82) is 0 Å². The van der Waals surface area contributed by atoms with Crippen LogP contribution in [0.25, 0.3) is 0 Å². The predicted molar refractivity (Wildman–Crippen MR) is 100 cm³/mol. The van der Waals surface area contributed by atoms with Crippen LogP contribution >= 0.6 is 28.3 Å². The lowest BCUT2D eigenvalue weighted by molar-refractivity contribution is -0.122. The molecule has 1 saturated heterocycles. The zero-order valence-corrected chi connectivity index (χ0v) is 16.1. The predicted octanol–water partition coefficient (Wildman–Crippen LogP) is 2.12. The molecule has 2 N–H and O–H groups in total. The Bertz CT molecular complexity index is 677. The van der Waals surface area contributed by atoms with Gasteiger partial charge in [-0.3, -0.25) is 19.3 Å². The number of hydrogen-bond acceptors (Lipinski definition) is 4. The zero-order valence-electron chi connectivity index (χ0n) is 13.7. The molecule has 2 aliphatic rings. The van der Waals surface area contributed by atoms with Crippen molar-refractivity contribution in [3.63, 3.8) is 0 Å². The third-order valence-electron chi connectivity index (χ3n) is 4.38. The Kier molecular flexibility index (Phi) is 6.98. The van der Waals surface area contributed by atoms with Crippen molar-refractivity contribution in [1.82, 2.24) is 15.5 Å². The average molecular weight is 431 g/mol. The van der Waals surface area contributed by atoms with Crippen LogP contribution < -0.4 is 10.6 Å². The van der Waals surface area contributed by atoms with Crippen LogP contribution in [0.2, 0.25) is 0 Å². The molecule has 25 heavy (non-hydrogen) atoms. The molecular weight excluding hydrogens is 410 g/mol. The fourth-order valence-electron chi connectivity index (χ4n) is 3.14. The van der Waals surface area contributed by atoms with Gasteiger partial charge in [0.25, 0.3) is 11.8 Å². The number of piperidine rings is 1. The highest BCUT2D eigenvalue weighted by Crippen LogP contribution is 2.26. The van der Waals surface area contributed by atoms with Crippen molar-refractivity contribution in [2.45, 2.75) is 31.7 Å². The van der Waals surface area contributed by atoms with Crippen LogP contribution in [0.1, 0.15) is 46.4 Å². The van der Waals surface area contributed by atoms with E-state index < -0.39 is 0 Å². The van der Waals surface area contributed by atoms with Crippen LogP contribution in [-0.4, -0.2) is 48.3 Å². The number of imide groups is 1. The van der Waals surface area contributed by atoms with Gasteiger partial charge < -0.3 is 10.6 Å². The van der Waals surface area contributed by atoms with Gasteiger partial charge in [0.2, 0.25) is 5.91 Å². The smallest absolute Gasteiger partial charge is 0.261 e. The summed E-state index contributed by atoms with van der Waals surface area (Å²) < 4.78 is 0.768. The summed E-state index contributed by atoms with van der Waals surface area (Å²) in [5.74, 6) is -0.587. The summed E-state index contributed by atoms with van der Waals surface area (Å²) in [6, 6.07) is 5.25. The van der Waals surface area contributed by atoms with Crippen LogP contribution in [0.3, 0.4) is 0 Å². The fraction of sp³-hybridized carbons (Fsp3) is 0.471. The molecule has 2 aliphatic heterocycles. The zero-order chi connectivity index (χ0) is 17.1. The molecular formula is C17H21BrClN3O3. The number of rotatable bonds is 5. The largest absolute Gasteiger partial charge is 0.352 e. The number of carbonyl (C=O) groups excluding carboxylic acids is 3. The van der Waals surface area contributed by atoms with E-state index in [0.717, 1.165) is 30.4 Å². The lowest BCUT2D eigenvalue weighted by atomic mass is 10.1. The van der Waals surface area contributed by atoms with Crippen LogP contribution in [-0.2, 0) is 4.79 Å². The highest BCUT2D eigenvalue weighted by atomic mass is 79.9. The van der Waals surface area contributed by atoms with E-state index in [1.54, 1.807) is 18.2 Å². The van der Waals surface area contributed by atoms with Gasteiger partial charge in [0.1, 0.15) is 0 Å². The number of fused-ring (bicyclic) bond motifs is 1. The van der Waals surface area contributed by atoms with Gasteiger partial charge >= 0.3 is 0 Å². The molecule has 1 aromatic rings. The SMILES string of the molecule is Cl.O=C(CCCN1C(=O)c2ccc(Br)cc2C1=O)NC1CCCNC1. The van der Waals surface area contributed by atoms with Gasteiger partial charge in [0.05, 0.1) is 11.1 Å². The number of nitrogens with zero attached hydrogens (tertiary/aromatic N) is 1. The third kappa shape index (κ3) is 4.59. The van der Waals surface area contributed by atoms with Crippen LogP contribution in [0, 0.1) is 0 Å². The minimum absolute atomic E-state index is 0. The standard InChI is InChI=1S/C17H20BrN3O3.ClH/c18-11-5-6-13-14(9-11)17(24)21(16(13)23)8-2-4-15(22)20-12-3-1-7-19-10-12;/h5-6,9,12,19H,1-4,7-8,10H2,(H,20,22);1H. The maximum Gasteiger partial charge on any atom is 0.261 e. The maximum atomic E-state index is 12.3. The van der Waals surface area contributed by atoms with Crippen molar-refractivity contribution >= 4 is 46.1 Å². The quantitative estimate of drug-likeness (QED) is 0.701. The molecule has 3 rings (SSSR count). The van der Waals surface area contributed by atoms with E-state index in [4.69, 9.17) is 0 Å². The molecule has 6 nitrogen and oxygen atoms in total. The molecule has 1 fully saturated rings. The van der Waals surface area contributed by atoms with E-state index in [0.29, 0.717) is 24.0 Å². The molecule has 0 radical (unpaired) electrons. The number of benzene rings is 1. The Morgan fingerprint density at radius 3 is 2.76 bits per heavy atom. The fourth-order valence-corrected chi connectivity index (χ4v) is 3.50. The van der Waals surface area contributed by atoms with Gasteiger partial charge in [-0.2, -0.15) is 0 Å². The topological polar surface area (TPSA) is 78.5 Å². The van der Waals surface area contributed by atoms with Gasteiger partial charge in [0, 0.05) is 30.0 Å². The second kappa shape index (κ2) is 8.78. The summed E-state index contributed by atoms with van der Waals surface area (Å²) in [5.41, 5.74) is 0.855. The first-order chi connectivity index (χ1) is 11.6. The van der Waals surface area contributed by atoms with E-state index in [1.807, 2.05) is 0 Å². The first-order valence-electron chi connectivity index (χ1n) is 8.22. The summed E-state index contributed by atoms with van der Waals surface area (Å²) in [5, 5.41) is 6.25. The normalized spacial score (nSPS) is 19.4. The Balaban J connectivity index is 0.00000225. The van der Waals surface area contributed by atoms with Gasteiger partial charge in [-0.05, 0) is 44.0 Å². The number of nitrogens with one attached hydrogen (secondary N) is 2. The minimum atomic E-state index is -0.284. The number of amides is 3. The first kappa shape index (κ1) is 19.9. The van der Waals surface area contributed by atoms with E-state index in [1.165, 1.54) is 4.90 Å². The lowest BCUT2D eigenvalue weighted by Gasteiger charge is -2.24. The molecule has 0 aliphatic carbocycles. The average Bonchev–Trinajstić information content (AvgIpc) is 2.80. The molecule has 3 amide bonds. The van der Waals surface area contributed by atoms with Crippen LogP contribution in [0.5, 0.6) is 0 Å². The molecule has 0 spiro atoms. The Morgan fingerprint density at radius 1 is 1.28 bits per heavy atom. The van der Waals surface area contributed by atoms with Gasteiger partial charge in [-0.15, -0.1) is 12.4 Å². The molecule has 0 saturated carbocycles. The minimum Gasteiger partial charge on any atom is -0.352 e. The molecule has 136 valence electrons. The lowest BCUT2D eigenvalue weighted by Crippen LogP contribution is -2.45. The second-order valence-electron chi connectivity index (χ2n) is 6.17. The highest BCUT2D eigenvalue weighted by molar-refractivity contribution is 9.10. The summed E-state index contributed by atoms with van der Waals surface area (Å²) in [4.78, 5) is 37.8. The van der Waals surface area contributed by atoms with Crippen molar-refractivity contribution in [3.05, 3.63) is 33.8 Å². The van der Waals surface area contributed by atoms with E-state index >= 15 is 0 Å². The Hall–Kier alpha value is -1.44. The summed E-state index contributed by atoms with van der Waals surface area (Å²) in [6.45, 7) is 2.07. The van der Waals surface area contributed by atoms with Crippen LogP contribution in [0.15, 0.2) is 22.7 Å². The third-order valence-corrected chi connectivity index (χ3v) is 4.87. The Labute approximate surface area is 161 Å². The van der Waals surface area contributed by atoms with E-state index in [-0.39, 0.29) is 42.7 Å². The van der Waals surface area contributed by atoms with Gasteiger partial charge in [-0.1, -0.05) is 15.9 Å². The van der Waals surface area contributed by atoms with Crippen molar-refractivity contribution in [3.8, 4) is 0 Å². The van der Waals surface area contributed by atoms with Crippen molar-refractivity contribution in [2.75, 3.05) is 19.6 Å². The second-order valence-corrected chi connectivity index (χ2v) is 7.08. The monoisotopic (exact) mass is 429 g/mol. The van der Waals surface area contributed by atoms with Crippen molar-refractivity contribution < 1.29 is 14.4 Å². The molecule has 2 heterocycles. The number of hydrogen-bond donors (Lipinski definition) is 2. The summed E-state index contributed by atoms with van der Waals surface area (Å²) in [7, 11) is 0. The number of halogens is 2. The highest BCUT2D eigenvalue weighted by Gasteiger charge is 2.35. The van der Waals surface area contributed by atoms with E-state index in [2.05, 4.69) is 26.6 Å². The molecule has 0 bridgehead atoms. The maximum absolute atomic E-state index is 12.3. The number of carbonyl (C=O) groups is 3. The van der Waals surface area contributed by atoms with Crippen molar-refractivity contribution in [2.24, 2.45) is 0 Å². The van der Waals surface area contributed by atoms with Gasteiger partial charge in [0.15, 0.2) is 0 Å².